The highest BCUT2D eigenvalue weighted by molar-refractivity contribution is 5.80. The Bertz CT molecular complexity index is 210. The third kappa shape index (κ3) is 3.18. The molecule has 1 aliphatic heterocycles. The van der Waals surface area contributed by atoms with Gasteiger partial charge in [0, 0.05) is 0 Å². The molecule has 3 N–H and O–H groups in total. The molecule has 1 amide bonds. The molecule has 0 radical (unpaired) electrons. The first-order chi connectivity index (χ1) is 7.06. The number of rotatable bonds is 3. The van der Waals surface area contributed by atoms with Gasteiger partial charge in [-0.2, -0.15) is 0 Å². The molecule has 4 heteroatoms. The highest BCUT2D eigenvalue weighted by atomic mass is 16.2. The van der Waals surface area contributed by atoms with Gasteiger partial charge in [0.25, 0.3) is 5.91 Å². The van der Waals surface area contributed by atoms with Crippen molar-refractivity contribution in [1.29, 1.82) is 0 Å². The average Bonchev–Trinajstić information content (AvgIpc) is 2.27. The van der Waals surface area contributed by atoms with E-state index in [0.29, 0.717) is 0 Å². The van der Waals surface area contributed by atoms with Crippen LogP contribution in [-0.4, -0.2) is 29.9 Å². The van der Waals surface area contributed by atoms with Crippen molar-refractivity contribution in [3.05, 3.63) is 0 Å². The van der Waals surface area contributed by atoms with Crippen LogP contribution in [0.3, 0.4) is 0 Å². The summed E-state index contributed by atoms with van der Waals surface area (Å²) >= 11 is 0. The minimum atomic E-state index is -0.0943. The predicted octanol–water partition coefficient (Wildman–Crippen LogP) is 0.733. The summed E-state index contributed by atoms with van der Waals surface area (Å²) < 4.78 is 0. The Morgan fingerprint density at radius 3 is 2.27 bits per heavy atom. The van der Waals surface area contributed by atoms with Crippen LogP contribution in [0.25, 0.3) is 0 Å². The Kier molecular flexibility index (Phi) is 4.54. The lowest BCUT2D eigenvalue weighted by Gasteiger charge is -2.36. The summed E-state index contributed by atoms with van der Waals surface area (Å²) in [6.07, 6.45) is 2.39. The lowest BCUT2D eigenvalue weighted by Crippen LogP contribution is -2.50. The maximum atomic E-state index is 11.3. The molecule has 1 aliphatic rings. The van der Waals surface area contributed by atoms with E-state index in [1.165, 1.54) is 12.8 Å². The second-order valence-corrected chi connectivity index (χ2v) is 4.80. The molecule has 1 atom stereocenters. The molecule has 0 aromatic rings. The zero-order valence-corrected chi connectivity index (χ0v) is 9.99. The summed E-state index contributed by atoms with van der Waals surface area (Å²) in [7, 11) is 0. The largest absolute Gasteiger partial charge is 0.293 e. The van der Waals surface area contributed by atoms with Crippen molar-refractivity contribution in [2.75, 3.05) is 13.1 Å². The van der Waals surface area contributed by atoms with Crippen LogP contribution in [0, 0.1) is 11.8 Å². The number of nitrogens with two attached hydrogens (primary N) is 1. The van der Waals surface area contributed by atoms with E-state index in [1.807, 2.05) is 6.92 Å². The van der Waals surface area contributed by atoms with Gasteiger partial charge >= 0.3 is 0 Å². The molecule has 1 saturated heterocycles. The van der Waals surface area contributed by atoms with Crippen LogP contribution in [0.2, 0.25) is 0 Å². The van der Waals surface area contributed by atoms with E-state index in [0.717, 1.165) is 24.9 Å². The molecule has 0 aromatic heterocycles. The third-order valence-corrected chi connectivity index (χ3v) is 3.59. The first kappa shape index (κ1) is 12.5. The number of piperidine rings is 1. The molecule has 0 spiro atoms. The minimum absolute atomic E-state index is 0.0852. The molecule has 1 fully saturated rings. The van der Waals surface area contributed by atoms with Gasteiger partial charge in [-0.15, -0.1) is 0 Å². The SMILES string of the molecule is CC(C)C1CCN(C(C)C(=O)NN)CC1. The number of amides is 1. The first-order valence-electron chi connectivity index (χ1n) is 5.80. The Morgan fingerprint density at radius 2 is 1.87 bits per heavy atom. The maximum absolute atomic E-state index is 11.3. The van der Waals surface area contributed by atoms with Crippen molar-refractivity contribution in [1.82, 2.24) is 10.3 Å². The summed E-state index contributed by atoms with van der Waals surface area (Å²) in [5.41, 5.74) is 2.22. The fraction of sp³-hybridized carbons (Fsp3) is 0.909. The number of nitrogens with zero attached hydrogens (tertiary/aromatic N) is 1. The lowest BCUT2D eigenvalue weighted by atomic mass is 9.86. The van der Waals surface area contributed by atoms with Crippen LogP contribution in [0.1, 0.15) is 33.6 Å². The van der Waals surface area contributed by atoms with Crippen molar-refractivity contribution in [2.45, 2.75) is 39.7 Å². The number of hydrogen-bond donors (Lipinski definition) is 2. The second kappa shape index (κ2) is 5.47. The Labute approximate surface area is 92.2 Å². The van der Waals surface area contributed by atoms with Crippen LogP contribution < -0.4 is 11.3 Å². The summed E-state index contributed by atoms with van der Waals surface area (Å²) in [5, 5.41) is 0. The highest BCUT2D eigenvalue weighted by Gasteiger charge is 2.27. The molecule has 4 nitrogen and oxygen atoms in total. The predicted molar refractivity (Wildman–Crippen MR) is 60.9 cm³/mol. The molecule has 88 valence electrons. The molecule has 0 aromatic carbocycles. The topological polar surface area (TPSA) is 58.4 Å². The molecule has 0 saturated carbocycles. The molecule has 1 unspecified atom stereocenters. The van der Waals surface area contributed by atoms with Gasteiger partial charge in [-0.3, -0.25) is 15.1 Å². The number of carbonyl (C=O) groups is 1. The van der Waals surface area contributed by atoms with E-state index in [4.69, 9.17) is 5.84 Å². The van der Waals surface area contributed by atoms with Crippen LogP contribution >= 0.6 is 0 Å². The average molecular weight is 213 g/mol. The fourth-order valence-electron chi connectivity index (χ4n) is 2.26. The summed E-state index contributed by atoms with van der Waals surface area (Å²) in [5.74, 6) is 6.61. The van der Waals surface area contributed by atoms with Gasteiger partial charge in [-0.25, -0.2) is 5.84 Å². The number of likely N-dealkylation sites (tertiary alicyclic amines) is 1. The molecule has 1 rings (SSSR count). The maximum Gasteiger partial charge on any atom is 0.250 e. The van der Waals surface area contributed by atoms with Crippen molar-refractivity contribution in [3.8, 4) is 0 Å². The zero-order chi connectivity index (χ0) is 11.4. The molecule has 0 bridgehead atoms. The third-order valence-electron chi connectivity index (χ3n) is 3.59. The van der Waals surface area contributed by atoms with Gasteiger partial charge in [0.05, 0.1) is 6.04 Å². The second-order valence-electron chi connectivity index (χ2n) is 4.80. The Morgan fingerprint density at radius 1 is 1.33 bits per heavy atom. The smallest absolute Gasteiger partial charge is 0.250 e. The van der Waals surface area contributed by atoms with Crippen LogP contribution in [-0.2, 0) is 4.79 Å². The van der Waals surface area contributed by atoms with Gasteiger partial charge in [0.1, 0.15) is 0 Å². The van der Waals surface area contributed by atoms with Crippen LogP contribution in [0.4, 0.5) is 0 Å². The first-order valence-corrected chi connectivity index (χ1v) is 5.80. The molecular weight excluding hydrogens is 190 g/mol. The summed E-state index contributed by atoms with van der Waals surface area (Å²) in [4.78, 5) is 13.6. The van der Waals surface area contributed by atoms with E-state index in [2.05, 4.69) is 24.2 Å². The molecule has 15 heavy (non-hydrogen) atoms. The molecule has 0 aliphatic carbocycles. The van der Waals surface area contributed by atoms with E-state index in [1.54, 1.807) is 0 Å². The summed E-state index contributed by atoms with van der Waals surface area (Å²) in [6, 6.07) is -0.0943. The van der Waals surface area contributed by atoms with Crippen molar-refractivity contribution in [3.63, 3.8) is 0 Å². The monoisotopic (exact) mass is 213 g/mol. The van der Waals surface area contributed by atoms with Crippen LogP contribution in [0.15, 0.2) is 0 Å². The van der Waals surface area contributed by atoms with Gasteiger partial charge < -0.3 is 0 Å². The number of nitrogens with one attached hydrogen (secondary N) is 1. The normalized spacial score (nSPS) is 21.7. The zero-order valence-electron chi connectivity index (χ0n) is 9.99. The van der Waals surface area contributed by atoms with Crippen LogP contribution in [0.5, 0.6) is 0 Å². The van der Waals surface area contributed by atoms with Gasteiger partial charge in [0.15, 0.2) is 0 Å². The van der Waals surface area contributed by atoms with E-state index >= 15 is 0 Å². The number of hydrogen-bond acceptors (Lipinski definition) is 3. The summed E-state index contributed by atoms with van der Waals surface area (Å²) in [6.45, 7) is 8.49. The van der Waals surface area contributed by atoms with Crippen molar-refractivity contribution >= 4 is 5.91 Å². The molecular formula is C11H23N3O. The van der Waals surface area contributed by atoms with E-state index in [-0.39, 0.29) is 11.9 Å². The fourth-order valence-corrected chi connectivity index (χ4v) is 2.26. The number of hydrazine groups is 1. The van der Waals surface area contributed by atoms with Crippen molar-refractivity contribution < 1.29 is 4.79 Å². The van der Waals surface area contributed by atoms with Gasteiger partial charge in [-0.05, 0) is 44.7 Å². The number of carbonyl (C=O) groups excluding carboxylic acids is 1. The quantitative estimate of drug-likeness (QED) is 0.413. The highest BCUT2D eigenvalue weighted by Crippen LogP contribution is 2.25. The standard InChI is InChI=1S/C11H23N3O/c1-8(2)10-4-6-14(7-5-10)9(3)11(15)13-12/h8-10H,4-7,12H2,1-3H3,(H,13,15). The molecule has 1 heterocycles. The van der Waals surface area contributed by atoms with E-state index in [9.17, 15) is 4.79 Å². The van der Waals surface area contributed by atoms with E-state index < -0.39 is 0 Å². The Balaban J connectivity index is 2.40. The lowest BCUT2D eigenvalue weighted by molar-refractivity contribution is -0.126. The van der Waals surface area contributed by atoms with Gasteiger partial charge in [0.2, 0.25) is 0 Å². The van der Waals surface area contributed by atoms with Crippen molar-refractivity contribution in [2.24, 2.45) is 17.7 Å². The van der Waals surface area contributed by atoms with Gasteiger partial charge in [-0.1, -0.05) is 13.8 Å². The minimum Gasteiger partial charge on any atom is -0.293 e. The Hall–Kier alpha value is -0.610.